The van der Waals surface area contributed by atoms with Crippen LogP contribution < -0.4 is 15.6 Å². The average molecular weight is 449 g/mol. The third-order valence-electron chi connectivity index (χ3n) is 4.64. The van der Waals surface area contributed by atoms with E-state index in [1.165, 1.54) is 12.1 Å². The average Bonchev–Trinajstić information content (AvgIpc) is 2.76. The van der Waals surface area contributed by atoms with Crippen LogP contribution in [0, 0.1) is 0 Å². The molecule has 10 heteroatoms. The van der Waals surface area contributed by atoms with E-state index >= 15 is 0 Å². The van der Waals surface area contributed by atoms with Crippen LogP contribution in [-0.2, 0) is 17.4 Å². The molecule has 3 rings (SSSR count). The number of hydrogen-bond donors (Lipinski definition) is 3. The van der Waals surface area contributed by atoms with Gasteiger partial charge in [-0.25, -0.2) is 4.98 Å². The van der Waals surface area contributed by atoms with Crippen molar-refractivity contribution in [1.82, 2.24) is 15.3 Å². The number of para-hydroxylation sites is 1. The number of aromatic nitrogens is 2. The normalized spacial score (nSPS) is 12.5. The summed E-state index contributed by atoms with van der Waals surface area (Å²) in [6.07, 6.45) is -4.43. The lowest BCUT2D eigenvalue weighted by Gasteiger charge is -2.14. The van der Waals surface area contributed by atoms with Gasteiger partial charge in [0.2, 0.25) is 5.91 Å². The fraction of sp³-hybridized carbons (Fsp3) is 0.318. The van der Waals surface area contributed by atoms with Crippen molar-refractivity contribution >= 4 is 16.8 Å². The Morgan fingerprint density at radius 2 is 1.88 bits per heavy atom. The molecule has 32 heavy (non-hydrogen) atoms. The van der Waals surface area contributed by atoms with Gasteiger partial charge < -0.3 is 20.1 Å². The van der Waals surface area contributed by atoms with Crippen molar-refractivity contribution < 1.29 is 27.8 Å². The highest BCUT2D eigenvalue weighted by Gasteiger charge is 2.30. The van der Waals surface area contributed by atoms with Gasteiger partial charge in [-0.15, -0.1) is 0 Å². The molecule has 0 bridgehead atoms. The zero-order valence-electron chi connectivity index (χ0n) is 17.0. The van der Waals surface area contributed by atoms with E-state index in [1.807, 2.05) is 0 Å². The van der Waals surface area contributed by atoms with Crippen molar-refractivity contribution in [2.45, 2.75) is 31.5 Å². The number of carbonyl (C=O) groups excluding carboxylic acids is 1. The first-order valence-electron chi connectivity index (χ1n) is 9.95. The van der Waals surface area contributed by atoms with Crippen LogP contribution in [-0.4, -0.2) is 40.2 Å². The summed E-state index contributed by atoms with van der Waals surface area (Å²) in [5, 5.41) is 13.0. The Labute approximate surface area is 181 Å². The van der Waals surface area contributed by atoms with E-state index in [-0.39, 0.29) is 36.8 Å². The summed E-state index contributed by atoms with van der Waals surface area (Å²) in [6, 6.07) is 11.1. The topological polar surface area (TPSA) is 104 Å². The van der Waals surface area contributed by atoms with Crippen molar-refractivity contribution in [2.75, 3.05) is 13.2 Å². The highest BCUT2D eigenvalue weighted by atomic mass is 19.4. The minimum atomic E-state index is -4.43. The molecule has 0 aliphatic rings. The number of hydrogen-bond acceptors (Lipinski definition) is 5. The lowest BCUT2D eigenvalue weighted by atomic mass is 10.2. The molecule has 170 valence electrons. The molecule has 0 saturated heterocycles. The summed E-state index contributed by atoms with van der Waals surface area (Å²) < 4.78 is 42.8. The fourth-order valence-electron chi connectivity index (χ4n) is 2.98. The van der Waals surface area contributed by atoms with Gasteiger partial charge in [0.1, 0.15) is 24.3 Å². The number of carbonyl (C=O) groups is 1. The number of aromatic amines is 1. The molecular weight excluding hydrogens is 427 g/mol. The Bertz CT molecular complexity index is 1110. The quantitative estimate of drug-likeness (QED) is 0.466. The van der Waals surface area contributed by atoms with Crippen LogP contribution in [0.5, 0.6) is 5.75 Å². The summed E-state index contributed by atoms with van der Waals surface area (Å²) in [5.41, 5.74) is -0.432. The van der Waals surface area contributed by atoms with Gasteiger partial charge in [-0.3, -0.25) is 9.59 Å². The van der Waals surface area contributed by atoms with Gasteiger partial charge >= 0.3 is 6.18 Å². The number of aryl methyl sites for hydroxylation is 1. The van der Waals surface area contributed by atoms with Gasteiger partial charge in [0.15, 0.2) is 0 Å². The van der Waals surface area contributed by atoms with Crippen LogP contribution in [0.3, 0.4) is 0 Å². The maximum Gasteiger partial charge on any atom is 0.416 e. The molecule has 7 nitrogen and oxygen atoms in total. The van der Waals surface area contributed by atoms with Crippen LogP contribution >= 0.6 is 0 Å². The molecule has 3 N–H and O–H groups in total. The second-order valence-electron chi connectivity index (χ2n) is 7.17. The molecule has 2 aromatic carbocycles. The first kappa shape index (κ1) is 23.3. The highest BCUT2D eigenvalue weighted by Crippen LogP contribution is 2.30. The monoisotopic (exact) mass is 449 g/mol. The van der Waals surface area contributed by atoms with E-state index in [0.717, 1.165) is 12.1 Å². The van der Waals surface area contributed by atoms with E-state index < -0.39 is 17.8 Å². The summed E-state index contributed by atoms with van der Waals surface area (Å²) in [6.45, 7) is -0.252. The number of alkyl halides is 3. The van der Waals surface area contributed by atoms with Crippen LogP contribution in [0.25, 0.3) is 10.9 Å². The summed E-state index contributed by atoms with van der Waals surface area (Å²) in [4.78, 5) is 31.1. The number of nitrogens with zero attached hydrogens (tertiary/aromatic N) is 1. The zero-order chi connectivity index (χ0) is 23.1. The van der Waals surface area contributed by atoms with Crippen LogP contribution in [0.2, 0.25) is 0 Å². The molecule has 1 amide bonds. The Morgan fingerprint density at radius 3 is 2.59 bits per heavy atom. The van der Waals surface area contributed by atoms with Gasteiger partial charge in [-0.05, 0) is 42.8 Å². The number of rotatable bonds is 9. The van der Waals surface area contributed by atoms with Gasteiger partial charge in [0.05, 0.1) is 16.5 Å². The molecule has 0 spiro atoms. The molecule has 0 fully saturated rings. The molecule has 0 aliphatic heterocycles. The van der Waals surface area contributed by atoms with E-state index in [1.54, 1.807) is 24.3 Å². The van der Waals surface area contributed by atoms with Gasteiger partial charge in [0, 0.05) is 19.4 Å². The summed E-state index contributed by atoms with van der Waals surface area (Å²) >= 11 is 0. The zero-order valence-corrected chi connectivity index (χ0v) is 17.0. The molecular formula is C22H22F3N3O4. The minimum absolute atomic E-state index is 0.0650. The number of aliphatic hydroxyl groups excluding tert-OH is 1. The SMILES string of the molecule is O=C(CCCc1nc2ccccc2c(=O)[nH]1)NCC(O)COc1ccc(C(F)(F)F)cc1. The number of fused-ring (bicyclic) bond motifs is 1. The van der Waals surface area contributed by atoms with Crippen LogP contribution in [0.15, 0.2) is 53.3 Å². The first-order valence-corrected chi connectivity index (χ1v) is 9.95. The smallest absolute Gasteiger partial charge is 0.416 e. The lowest BCUT2D eigenvalue weighted by Crippen LogP contribution is -2.35. The Hall–Kier alpha value is -3.40. The van der Waals surface area contributed by atoms with Crippen molar-refractivity contribution in [3.63, 3.8) is 0 Å². The second-order valence-corrected chi connectivity index (χ2v) is 7.17. The van der Waals surface area contributed by atoms with Gasteiger partial charge in [-0.1, -0.05) is 12.1 Å². The number of amides is 1. The van der Waals surface area contributed by atoms with Crippen molar-refractivity contribution in [3.05, 3.63) is 70.3 Å². The van der Waals surface area contributed by atoms with Gasteiger partial charge in [0.25, 0.3) is 5.56 Å². The van der Waals surface area contributed by atoms with E-state index in [2.05, 4.69) is 15.3 Å². The van der Waals surface area contributed by atoms with Crippen molar-refractivity contribution in [3.8, 4) is 5.75 Å². The van der Waals surface area contributed by atoms with Crippen molar-refractivity contribution in [2.24, 2.45) is 0 Å². The number of aliphatic hydroxyl groups is 1. The predicted molar refractivity (Wildman–Crippen MR) is 111 cm³/mol. The van der Waals surface area contributed by atoms with Crippen LogP contribution in [0.4, 0.5) is 13.2 Å². The number of benzene rings is 2. The Balaban J connectivity index is 1.37. The second kappa shape index (κ2) is 10.3. The minimum Gasteiger partial charge on any atom is -0.491 e. The van der Waals surface area contributed by atoms with E-state index in [4.69, 9.17) is 4.74 Å². The molecule has 1 unspecified atom stereocenters. The number of ether oxygens (including phenoxy) is 1. The highest BCUT2D eigenvalue weighted by molar-refractivity contribution is 5.77. The third-order valence-corrected chi connectivity index (χ3v) is 4.64. The summed E-state index contributed by atoms with van der Waals surface area (Å²) in [7, 11) is 0. The predicted octanol–water partition coefficient (Wildman–Crippen LogP) is 2.82. The number of nitrogens with one attached hydrogen (secondary N) is 2. The number of H-pyrrole nitrogens is 1. The molecule has 0 aliphatic carbocycles. The maximum absolute atomic E-state index is 12.5. The molecule has 1 aromatic heterocycles. The molecule has 3 aromatic rings. The van der Waals surface area contributed by atoms with Crippen molar-refractivity contribution in [1.29, 1.82) is 0 Å². The third kappa shape index (κ3) is 6.55. The van der Waals surface area contributed by atoms with E-state index in [9.17, 15) is 27.9 Å². The lowest BCUT2D eigenvalue weighted by molar-refractivity contribution is -0.137. The molecule has 1 heterocycles. The van der Waals surface area contributed by atoms with E-state index in [0.29, 0.717) is 29.6 Å². The van der Waals surface area contributed by atoms with Crippen LogP contribution in [0.1, 0.15) is 24.2 Å². The largest absolute Gasteiger partial charge is 0.491 e. The molecule has 1 atom stereocenters. The Morgan fingerprint density at radius 1 is 1.16 bits per heavy atom. The van der Waals surface area contributed by atoms with Gasteiger partial charge in [-0.2, -0.15) is 13.2 Å². The molecule has 0 radical (unpaired) electrons. The summed E-state index contributed by atoms with van der Waals surface area (Å²) in [5.74, 6) is 0.383. The fourth-order valence-corrected chi connectivity index (χ4v) is 2.98. The first-order chi connectivity index (χ1) is 15.2. The number of halogens is 3. The standard InChI is InChI=1S/C22H22F3N3O4/c23-22(24,25)14-8-10-16(11-9-14)32-13-15(29)12-26-20(30)7-3-6-19-27-18-5-2-1-4-17(18)21(31)28-19/h1-2,4-5,8-11,15,29H,3,6-7,12-13H2,(H,26,30)(H,27,28,31). The maximum atomic E-state index is 12.5. The molecule has 0 saturated carbocycles. The Kier molecular flexibility index (Phi) is 7.47.